The maximum Gasteiger partial charge on any atom is 0.191 e. The standard InChI is InChI=1S/C20H38O2Si/c1-10-20(7)14-18(21)16(13-17(20)15(2)3)11-12-22-23(8,9)19(4,5)6/h10,16-18,21H,1-2,11-14H2,3-9H3/t16-,17-,18+,20+/m1/s1. The topological polar surface area (TPSA) is 29.5 Å². The van der Waals surface area contributed by atoms with Crippen LogP contribution in [0.15, 0.2) is 24.8 Å². The highest BCUT2D eigenvalue weighted by molar-refractivity contribution is 6.74. The lowest BCUT2D eigenvalue weighted by atomic mass is 9.61. The minimum absolute atomic E-state index is 0.0396. The first-order valence-electron chi connectivity index (χ1n) is 8.95. The highest BCUT2D eigenvalue weighted by Gasteiger charge is 2.43. The van der Waals surface area contributed by atoms with Crippen molar-refractivity contribution < 1.29 is 9.53 Å². The van der Waals surface area contributed by atoms with Gasteiger partial charge in [0.2, 0.25) is 0 Å². The van der Waals surface area contributed by atoms with Gasteiger partial charge in [-0.1, -0.05) is 45.9 Å². The summed E-state index contributed by atoms with van der Waals surface area (Å²) in [6.45, 7) is 24.6. The van der Waals surface area contributed by atoms with Gasteiger partial charge in [-0.15, -0.1) is 6.58 Å². The maximum absolute atomic E-state index is 10.6. The van der Waals surface area contributed by atoms with E-state index in [0.717, 1.165) is 25.9 Å². The summed E-state index contributed by atoms with van der Waals surface area (Å²) in [5.74, 6) is 0.704. The number of allylic oxidation sites excluding steroid dienone is 2. The van der Waals surface area contributed by atoms with E-state index in [0.29, 0.717) is 11.8 Å². The second-order valence-corrected chi connectivity index (χ2v) is 14.1. The Morgan fingerprint density at radius 2 is 1.96 bits per heavy atom. The molecule has 0 amide bonds. The second-order valence-electron chi connectivity index (χ2n) is 9.27. The number of aliphatic hydroxyl groups excluding tert-OH is 1. The van der Waals surface area contributed by atoms with Crippen LogP contribution in [0.5, 0.6) is 0 Å². The third-order valence-electron chi connectivity index (χ3n) is 6.35. The van der Waals surface area contributed by atoms with E-state index in [1.54, 1.807) is 0 Å². The zero-order chi connectivity index (χ0) is 18.1. The molecule has 0 aromatic rings. The zero-order valence-corrected chi connectivity index (χ0v) is 17.4. The second kappa shape index (κ2) is 7.24. The number of aliphatic hydroxyl groups is 1. The summed E-state index contributed by atoms with van der Waals surface area (Å²) in [5.41, 5.74) is 1.16. The van der Waals surface area contributed by atoms with Crippen molar-refractivity contribution in [1.29, 1.82) is 0 Å². The van der Waals surface area contributed by atoms with Crippen LogP contribution in [0.4, 0.5) is 0 Å². The van der Waals surface area contributed by atoms with E-state index in [2.05, 4.69) is 60.9 Å². The lowest BCUT2D eigenvalue weighted by Crippen LogP contribution is -2.44. The van der Waals surface area contributed by atoms with Gasteiger partial charge in [-0.25, -0.2) is 0 Å². The molecule has 0 radical (unpaired) electrons. The highest BCUT2D eigenvalue weighted by Crippen LogP contribution is 2.48. The summed E-state index contributed by atoms with van der Waals surface area (Å²) in [5, 5.41) is 10.8. The van der Waals surface area contributed by atoms with Gasteiger partial charge < -0.3 is 9.53 Å². The fraction of sp³-hybridized carbons (Fsp3) is 0.800. The van der Waals surface area contributed by atoms with Crippen molar-refractivity contribution >= 4 is 8.32 Å². The Bertz CT molecular complexity index is 435. The smallest absolute Gasteiger partial charge is 0.191 e. The lowest BCUT2D eigenvalue weighted by Gasteiger charge is -2.46. The van der Waals surface area contributed by atoms with Crippen LogP contribution in [-0.2, 0) is 4.43 Å². The molecule has 1 aliphatic carbocycles. The van der Waals surface area contributed by atoms with Gasteiger partial charge in [0.05, 0.1) is 6.10 Å². The van der Waals surface area contributed by atoms with Crippen molar-refractivity contribution in [3.05, 3.63) is 24.8 Å². The Morgan fingerprint density at radius 3 is 2.39 bits per heavy atom. The molecule has 1 rings (SSSR count). The minimum Gasteiger partial charge on any atom is -0.417 e. The minimum atomic E-state index is -1.70. The van der Waals surface area contributed by atoms with Crippen LogP contribution in [-0.4, -0.2) is 26.1 Å². The van der Waals surface area contributed by atoms with Crippen LogP contribution < -0.4 is 0 Å². The monoisotopic (exact) mass is 338 g/mol. The van der Waals surface area contributed by atoms with Crippen LogP contribution in [0.3, 0.4) is 0 Å². The maximum atomic E-state index is 10.6. The zero-order valence-electron chi connectivity index (χ0n) is 16.4. The van der Waals surface area contributed by atoms with Crippen molar-refractivity contribution in [3.63, 3.8) is 0 Å². The Balaban J connectivity index is 2.68. The Hall–Kier alpha value is -0.383. The molecule has 1 N–H and O–H groups in total. The van der Waals surface area contributed by atoms with Crippen molar-refractivity contribution in [3.8, 4) is 0 Å². The van der Waals surface area contributed by atoms with E-state index in [-0.39, 0.29) is 16.6 Å². The number of rotatable bonds is 6. The fourth-order valence-electron chi connectivity index (χ4n) is 3.47. The molecule has 0 heterocycles. The third kappa shape index (κ3) is 4.80. The van der Waals surface area contributed by atoms with Gasteiger partial charge in [0, 0.05) is 6.61 Å². The van der Waals surface area contributed by atoms with E-state index in [9.17, 15) is 5.11 Å². The van der Waals surface area contributed by atoms with Gasteiger partial charge >= 0.3 is 0 Å². The van der Waals surface area contributed by atoms with E-state index >= 15 is 0 Å². The molecule has 3 heteroatoms. The Morgan fingerprint density at radius 1 is 1.39 bits per heavy atom. The molecule has 0 spiro atoms. The van der Waals surface area contributed by atoms with E-state index in [1.165, 1.54) is 5.57 Å². The summed E-state index contributed by atoms with van der Waals surface area (Å²) in [4.78, 5) is 0. The van der Waals surface area contributed by atoms with Crippen molar-refractivity contribution in [2.75, 3.05) is 6.61 Å². The molecule has 2 nitrogen and oxygen atoms in total. The third-order valence-corrected chi connectivity index (χ3v) is 10.9. The van der Waals surface area contributed by atoms with Crippen molar-refractivity contribution in [2.45, 2.75) is 78.1 Å². The summed E-state index contributed by atoms with van der Waals surface area (Å²) < 4.78 is 6.30. The summed E-state index contributed by atoms with van der Waals surface area (Å²) in [7, 11) is -1.70. The van der Waals surface area contributed by atoms with Gasteiger partial charge in [-0.3, -0.25) is 0 Å². The van der Waals surface area contributed by atoms with E-state index in [1.807, 2.05) is 6.08 Å². The predicted molar refractivity (Wildman–Crippen MR) is 103 cm³/mol. The van der Waals surface area contributed by atoms with Gasteiger partial charge in [0.15, 0.2) is 8.32 Å². The Labute approximate surface area is 145 Å². The van der Waals surface area contributed by atoms with Gasteiger partial charge in [0.25, 0.3) is 0 Å². The van der Waals surface area contributed by atoms with Crippen LogP contribution in [0.1, 0.15) is 53.9 Å². The van der Waals surface area contributed by atoms with Crippen LogP contribution >= 0.6 is 0 Å². The molecule has 1 saturated carbocycles. The molecule has 0 bridgehead atoms. The van der Waals surface area contributed by atoms with Gasteiger partial charge in [-0.2, -0.15) is 0 Å². The molecule has 0 aromatic heterocycles. The summed E-state index contributed by atoms with van der Waals surface area (Å²) in [6.07, 6.45) is 4.44. The first kappa shape index (κ1) is 20.7. The molecule has 4 atom stereocenters. The molecule has 1 fully saturated rings. The van der Waals surface area contributed by atoms with Gasteiger partial charge in [0.1, 0.15) is 0 Å². The molecule has 1 aliphatic rings. The number of hydrogen-bond donors (Lipinski definition) is 1. The first-order valence-corrected chi connectivity index (χ1v) is 11.9. The Kier molecular flexibility index (Phi) is 6.51. The van der Waals surface area contributed by atoms with E-state index in [4.69, 9.17) is 4.43 Å². The molecule has 23 heavy (non-hydrogen) atoms. The van der Waals surface area contributed by atoms with Gasteiger partial charge in [-0.05, 0) is 61.6 Å². The average Bonchev–Trinajstić information content (AvgIpc) is 2.39. The van der Waals surface area contributed by atoms with Crippen LogP contribution in [0, 0.1) is 17.3 Å². The molecular weight excluding hydrogens is 300 g/mol. The SMILES string of the molecule is C=C[C@@]1(C)C[C@H](O)[C@H](CCO[Si](C)(C)C(C)(C)C)C[C@@H]1C(=C)C. The lowest BCUT2D eigenvalue weighted by molar-refractivity contribution is -0.00717. The summed E-state index contributed by atoms with van der Waals surface area (Å²) in [6, 6.07) is 0. The number of hydrogen-bond acceptors (Lipinski definition) is 2. The fourth-order valence-corrected chi connectivity index (χ4v) is 4.53. The van der Waals surface area contributed by atoms with Crippen LogP contribution in [0.2, 0.25) is 18.1 Å². The van der Waals surface area contributed by atoms with Crippen molar-refractivity contribution in [1.82, 2.24) is 0 Å². The van der Waals surface area contributed by atoms with Crippen LogP contribution in [0.25, 0.3) is 0 Å². The molecule has 0 aliphatic heterocycles. The molecule has 0 saturated heterocycles. The first-order chi connectivity index (χ1) is 10.3. The molecular formula is C20H38O2Si. The molecule has 0 aromatic carbocycles. The highest BCUT2D eigenvalue weighted by atomic mass is 28.4. The predicted octanol–water partition coefficient (Wildman–Crippen LogP) is 5.55. The van der Waals surface area contributed by atoms with E-state index < -0.39 is 8.32 Å². The molecule has 0 unspecified atom stereocenters. The average molecular weight is 339 g/mol. The summed E-state index contributed by atoms with van der Waals surface area (Å²) >= 11 is 0. The largest absolute Gasteiger partial charge is 0.417 e. The quantitative estimate of drug-likeness (QED) is 0.508. The molecule has 134 valence electrons. The van der Waals surface area contributed by atoms with Crippen molar-refractivity contribution in [2.24, 2.45) is 17.3 Å². The normalized spacial score (nSPS) is 32.6.